The van der Waals surface area contributed by atoms with Crippen LogP contribution in [0, 0.1) is 0 Å². The molecule has 1 amide bonds. The highest BCUT2D eigenvalue weighted by molar-refractivity contribution is 7.17. The summed E-state index contributed by atoms with van der Waals surface area (Å²) in [6, 6.07) is 6.92. The molecule has 2 aromatic rings. The van der Waals surface area contributed by atoms with Crippen LogP contribution in [0.4, 0.5) is 13.2 Å². The Kier molecular flexibility index (Phi) is 4.53. The molecule has 0 saturated carbocycles. The number of thiazole rings is 1. The lowest BCUT2D eigenvalue weighted by Gasteiger charge is -2.17. The largest absolute Gasteiger partial charge is 0.406 e. The van der Waals surface area contributed by atoms with Gasteiger partial charge in [-0.2, -0.15) is 13.2 Å². The summed E-state index contributed by atoms with van der Waals surface area (Å²) >= 11 is 7.03. The number of carbonyl (C=O) groups excluding carboxylic acids is 1. The summed E-state index contributed by atoms with van der Waals surface area (Å²) in [6.45, 7) is -1.30. The van der Waals surface area contributed by atoms with Crippen molar-refractivity contribution in [3.63, 3.8) is 0 Å². The first-order valence-electron chi connectivity index (χ1n) is 5.81. The SMILES string of the molecule is CN(CC(F)(F)F)C(=O)c1cnc(-c2ccccc2Cl)s1. The van der Waals surface area contributed by atoms with E-state index in [1.54, 1.807) is 24.3 Å². The van der Waals surface area contributed by atoms with Gasteiger partial charge < -0.3 is 4.90 Å². The molecule has 0 unspecified atom stereocenters. The van der Waals surface area contributed by atoms with Crippen LogP contribution in [0.15, 0.2) is 30.5 Å². The fourth-order valence-electron chi connectivity index (χ4n) is 1.66. The van der Waals surface area contributed by atoms with Crippen molar-refractivity contribution in [3.8, 4) is 10.6 Å². The second kappa shape index (κ2) is 6.03. The van der Waals surface area contributed by atoms with E-state index in [4.69, 9.17) is 11.6 Å². The number of rotatable bonds is 3. The number of carbonyl (C=O) groups is 1. The van der Waals surface area contributed by atoms with Crippen LogP contribution in [-0.2, 0) is 0 Å². The summed E-state index contributed by atoms with van der Waals surface area (Å²) < 4.78 is 36.8. The average molecular weight is 335 g/mol. The van der Waals surface area contributed by atoms with E-state index >= 15 is 0 Å². The predicted octanol–water partition coefficient (Wildman–Crippen LogP) is 4.10. The molecule has 0 N–H and O–H groups in total. The minimum atomic E-state index is -4.43. The number of hydrogen-bond donors (Lipinski definition) is 0. The maximum Gasteiger partial charge on any atom is 0.406 e. The van der Waals surface area contributed by atoms with Gasteiger partial charge in [0.2, 0.25) is 0 Å². The van der Waals surface area contributed by atoms with Crippen LogP contribution in [0.2, 0.25) is 5.02 Å². The van der Waals surface area contributed by atoms with Crippen LogP contribution in [-0.4, -0.2) is 35.6 Å². The topological polar surface area (TPSA) is 33.2 Å². The Labute approximate surface area is 128 Å². The lowest BCUT2D eigenvalue weighted by atomic mass is 10.2. The van der Waals surface area contributed by atoms with E-state index < -0.39 is 18.6 Å². The van der Waals surface area contributed by atoms with Crippen molar-refractivity contribution < 1.29 is 18.0 Å². The molecule has 1 aromatic carbocycles. The number of hydrogen-bond acceptors (Lipinski definition) is 3. The number of aromatic nitrogens is 1. The maximum absolute atomic E-state index is 12.3. The molecule has 0 aliphatic heterocycles. The molecule has 0 fully saturated rings. The van der Waals surface area contributed by atoms with Gasteiger partial charge in [-0.1, -0.05) is 29.8 Å². The predicted molar refractivity (Wildman–Crippen MR) is 75.6 cm³/mol. The van der Waals surface area contributed by atoms with Gasteiger partial charge in [0.15, 0.2) is 0 Å². The molecule has 3 nitrogen and oxygen atoms in total. The minimum absolute atomic E-state index is 0.136. The lowest BCUT2D eigenvalue weighted by molar-refractivity contribution is -0.138. The van der Waals surface area contributed by atoms with E-state index in [1.165, 1.54) is 6.20 Å². The zero-order valence-electron chi connectivity index (χ0n) is 10.8. The zero-order chi connectivity index (χ0) is 15.6. The molecule has 0 spiro atoms. The van der Waals surface area contributed by atoms with Crippen LogP contribution in [0.3, 0.4) is 0 Å². The fourth-order valence-corrected chi connectivity index (χ4v) is 2.89. The van der Waals surface area contributed by atoms with Gasteiger partial charge in [-0.25, -0.2) is 4.98 Å². The molecule has 0 atom stereocenters. The summed E-state index contributed by atoms with van der Waals surface area (Å²) in [5.74, 6) is -0.719. The smallest absolute Gasteiger partial charge is 0.332 e. The summed E-state index contributed by atoms with van der Waals surface area (Å²) in [5.41, 5.74) is 0.640. The van der Waals surface area contributed by atoms with Gasteiger partial charge in [-0.05, 0) is 6.07 Å². The number of amides is 1. The van der Waals surface area contributed by atoms with Crippen LogP contribution in [0.25, 0.3) is 10.6 Å². The third-order valence-corrected chi connectivity index (χ3v) is 3.93. The van der Waals surface area contributed by atoms with Gasteiger partial charge in [0, 0.05) is 12.6 Å². The molecule has 1 heterocycles. The molecule has 21 heavy (non-hydrogen) atoms. The lowest BCUT2D eigenvalue weighted by Crippen LogP contribution is -2.35. The minimum Gasteiger partial charge on any atom is -0.332 e. The van der Waals surface area contributed by atoms with Crippen LogP contribution < -0.4 is 0 Å². The second-order valence-corrected chi connectivity index (χ2v) is 5.72. The molecule has 1 aromatic heterocycles. The normalized spacial score (nSPS) is 11.5. The Morgan fingerprint density at radius 2 is 2.05 bits per heavy atom. The highest BCUT2D eigenvalue weighted by Crippen LogP contribution is 2.31. The first-order chi connectivity index (χ1) is 9.78. The Hall–Kier alpha value is -1.60. The highest BCUT2D eigenvalue weighted by atomic mass is 35.5. The third kappa shape index (κ3) is 3.95. The first-order valence-corrected chi connectivity index (χ1v) is 7.00. The standard InChI is InChI=1S/C13H10ClF3N2OS/c1-19(7-13(15,16)17)12(20)10-6-18-11(21-10)8-4-2-3-5-9(8)14/h2-6H,7H2,1H3. The van der Waals surface area contributed by atoms with Gasteiger partial charge in [0.25, 0.3) is 5.91 Å². The molecule has 2 rings (SSSR count). The molecular weight excluding hydrogens is 325 g/mol. The van der Waals surface area contributed by atoms with Crippen molar-refractivity contribution in [2.24, 2.45) is 0 Å². The number of nitrogens with zero attached hydrogens (tertiary/aromatic N) is 2. The van der Waals surface area contributed by atoms with Gasteiger partial charge in [0.05, 0.1) is 11.2 Å². The Morgan fingerprint density at radius 1 is 1.38 bits per heavy atom. The molecule has 0 aliphatic carbocycles. The van der Waals surface area contributed by atoms with Crippen molar-refractivity contribution in [2.75, 3.05) is 13.6 Å². The number of halogens is 4. The monoisotopic (exact) mass is 334 g/mol. The average Bonchev–Trinajstić information content (AvgIpc) is 2.85. The summed E-state index contributed by atoms with van der Waals surface area (Å²) in [7, 11) is 1.10. The van der Waals surface area contributed by atoms with E-state index in [1.807, 2.05) is 0 Å². The molecule has 0 bridgehead atoms. The molecule has 8 heteroatoms. The fraction of sp³-hybridized carbons (Fsp3) is 0.231. The van der Waals surface area contributed by atoms with Crippen molar-refractivity contribution in [2.45, 2.75) is 6.18 Å². The van der Waals surface area contributed by atoms with Gasteiger partial charge >= 0.3 is 6.18 Å². The second-order valence-electron chi connectivity index (χ2n) is 4.29. The maximum atomic E-state index is 12.3. The van der Waals surface area contributed by atoms with Crippen molar-refractivity contribution in [1.29, 1.82) is 0 Å². The third-order valence-electron chi connectivity index (χ3n) is 2.58. The highest BCUT2D eigenvalue weighted by Gasteiger charge is 2.32. The van der Waals surface area contributed by atoms with Crippen LogP contribution in [0.1, 0.15) is 9.67 Å². The van der Waals surface area contributed by atoms with Gasteiger partial charge in [-0.15, -0.1) is 11.3 Å². The van der Waals surface area contributed by atoms with Gasteiger partial charge in [-0.3, -0.25) is 4.79 Å². The molecule has 0 saturated heterocycles. The Morgan fingerprint density at radius 3 is 2.67 bits per heavy atom. The molecule has 112 valence electrons. The van der Waals surface area contributed by atoms with E-state index in [9.17, 15) is 18.0 Å². The van der Waals surface area contributed by atoms with E-state index in [0.29, 0.717) is 20.5 Å². The number of benzene rings is 1. The summed E-state index contributed by atoms with van der Waals surface area (Å²) in [6.07, 6.45) is -3.17. The first kappa shape index (κ1) is 15.8. The van der Waals surface area contributed by atoms with Gasteiger partial charge in [0.1, 0.15) is 16.4 Å². The van der Waals surface area contributed by atoms with Crippen LogP contribution >= 0.6 is 22.9 Å². The summed E-state index contributed by atoms with van der Waals surface area (Å²) in [5, 5.41) is 0.957. The quantitative estimate of drug-likeness (QED) is 0.846. The van der Waals surface area contributed by atoms with Crippen molar-refractivity contribution in [3.05, 3.63) is 40.4 Å². The Balaban J connectivity index is 2.20. The molecule has 0 radical (unpaired) electrons. The van der Waals surface area contributed by atoms with Crippen molar-refractivity contribution in [1.82, 2.24) is 9.88 Å². The molecular formula is C13H10ClF3N2OS. The van der Waals surface area contributed by atoms with Crippen LogP contribution in [0.5, 0.6) is 0 Å². The molecule has 0 aliphatic rings. The van der Waals surface area contributed by atoms with E-state index in [2.05, 4.69) is 4.98 Å². The van der Waals surface area contributed by atoms with Crippen molar-refractivity contribution >= 4 is 28.8 Å². The van der Waals surface area contributed by atoms with E-state index in [-0.39, 0.29) is 4.88 Å². The summed E-state index contributed by atoms with van der Waals surface area (Å²) in [4.78, 5) is 16.7. The zero-order valence-corrected chi connectivity index (χ0v) is 12.4. The Bertz CT molecular complexity index is 657. The number of alkyl halides is 3. The van der Waals surface area contributed by atoms with E-state index in [0.717, 1.165) is 18.4 Å².